The number of anilines is 1. The van der Waals surface area contributed by atoms with Crippen molar-refractivity contribution in [3.05, 3.63) is 18.0 Å². The summed E-state index contributed by atoms with van der Waals surface area (Å²) >= 11 is 0. The molecule has 0 aliphatic rings. The van der Waals surface area contributed by atoms with Gasteiger partial charge in [0.2, 0.25) is 5.95 Å². The van der Waals surface area contributed by atoms with Crippen LogP contribution in [0.4, 0.5) is 5.95 Å². The molecule has 70 valence electrons. The molecule has 0 saturated carbocycles. The number of carboxylic acids is 1. The Balaban J connectivity index is 3.14. The smallest absolute Gasteiger partial charge is 0.329 e. The molecular formula is C7H10N4O2. The van der Waals surface area contributed by atoms with Crippen LogP contribution in [0.5, 0.6) is 0 Å². The molecular weight excluding hydrogens is 172 g/mol. The number of aliphatic carboxylic acids is 1. The van der Waals surface area contributed by atoms with E-state index in [9.17, 15) is 4.79 Å². The van der Waals surface area contributed by atoms with Crippen LogP contribution in [0.3, 0.4) is 0 Å². The SMILES string of the molecule is C[C@](N)(C(=O)O)c1ccnc(N)n1. The molecule has 0 fully saturated rings. The lowest BCUT2D eigenvalue weighted by Crippen LogP contribution is -2.42. The Morgan fingerprint density at radius 3 is 2.77 bits per heavy atom. The predicted octanol–water partition coefficient (Wildman–Crippen LogP) is -0.683. The average Bonchev–Trinajstić information content (AvgIpc) is 2.04. The molecule has 0 amide bonds. The van der Waals surface area contributed by atoms with Crippen LogP contribution in [0.1, 0.15) is 12.6 Å². The van der Waals surface area contributed by atoms with Crippen molar-refractivity contribution in [2.24, 2.45) is 5.73 Å². The fourth-order valence-corrected chi connectivity index (χ4v) is 0.773. The minimum Gasteiger partial charge on any atom is -0.480 e. The van der Waals surface area contributed by atoms with Gasteiger partial charge >= 0.3 is 5.97 Å². The third-order valence-corrected chi connectivity index (χ3v) is 1.65. The molecule has 0 saturated heterocycles. The number of carbonyl (C=O) groups is 1. The van der Waals surface area contributed by atoms with Gasteiger partial charge in [0, 0.05) is 6.20 Å². The first-order valence-electron chi connectivity index (χ1n) is 3.56. The minimum absolute atomic E-state index is 0.00965. The number of nitrogens with zero attached hydrogens (tertiary/aromatic N) is 2. The summed E-state index contributed by atoms with van der Waals surface area (Å²) in [6.07, 6.45) is 1.37. The van der Waals surface area contributed by atoms with E-state index >= 15 is 0 Å². The highest BCUT2D eigenvalue weighted by Gasteiger charge is 2.31. The van der Waals surface area contributed by atoms with Crippen LogP contribution in [-0.2, 0) is 10.3 Å². The first-order valence-corrected chi connectivity index (χ1v) is 3.56. The van der Waals surface area contributed by atoms with Crippen LogP contribution >= 0.6 is 0 Å². The molecule has 0 unspecified atom stereocenters. The molecule has 0 aliphatic heterocycles. The summed E-state index contributed by atoms with van der Waals surface area (Å²) in [4.78, 5) is 18.1. The fraction of sp³-hybridized carbons (Fsp3) is 0.286. The maximum absolute atomic E-state index is 10.7. The van der Waals surface area contributed by atoms with E-state index < -0.39 is 11.5 Å². The van der Waals surface area contributed by atoms with Crippen molar-refractivity contribution in [3.63, 3.8) is 0 Å². The quantitative estimate of drug-likeness (QED) is 0.558. The van der Waals surface area contributed by atoms with Gasteiger partial charge in [-0.05, 0) is 13.0 Å². The number of nitrogen functional groups attached to an aromatic ring is 1. The van der Waals surface area contributed by atoms with Crippen molar-refractivity contribution in [3.8, 4) is 0 Å². The Kier molecular flexibility index (Phi) is 2.16. The van der Waals surface area contributed by atoms with Crippen LogP contribution in [0.25, 0.3) is 0 Å². The number of aromatic nitrogens is 2. The highest BCUT2D eigenvalue weighted by Crippen LogP contribution is 2.15. The Labute approximate surface area is 74.6 Å². The van der Waals surface area contributed by atoms with Crippen LogP contribution in [0.2, 0.25) is 0 Å². The van der Waals surface area contributed by atoms with Crippen LogP contribution in [0, 0.1) is 0 Å². The van der Waals surface area contributed by atoms with Gasteiger partial charge in [-0.2, -0.15) is 0 Å². The summed E-state index contributed by atoms with van der Waals surface area (Å²) in [6.45, 7) is 1.34. The van der Waals surface area contributed by atoms with E-state index in [0.29, 0.717) is 0 Å². The largest absolute Gasteiger partial charge is 0.480 e. The topological polar surface area (TPSA) is 115 Å². The summed E-state index contributed by atoms with van der Waals surface area (Å²) in [7, 11) is 0. The van der Waals surface area contributed by atoms with Gasteiger partial charge in [0.15, 0.2) is 5.54 Å². The van der Waals surface area contributed by atoms with Gasteiger partial charge in [0.05, 0.1) is 5.69 Å². The van der Waals surface area contributed by atoms with Gasteiger partial charge in [0.25, 0.3) is 0 Å². The predicted molar refractivity (Wildman–Crippen MR) is 45.6 cm³/mol. The summed E-state index contributed by atoms with van der Waals surface area (Å²) in [5, 5.41) is 8.76. The van der Waals surface area contributed by atoms with Crippen molar-refractivity contribution < 1.29 is 9.90 Å². The Morgan fingerprint density at radius 1 is 1.69 bits per heavy atom. The molecule has 0 aliphatic carbocycles. The Hall–Kier alpha value is -1.69. The van der Waals surface area contributed by atoms with Crippen molar-refractivity contribution >= 4 is 11.9 Å². The molecule has 1 rings (SSSR count). The van der Waals surface area contributed by atoms with Gasteiger partial charge in [-0.3, -0.25) is 0 Å². The summed E-state index contributed by atoms with van der Waals surface area (Å²) in [5.74, 6) is -1.15. The zero-order valence-corrected chi connectivity index (χ0v) is 7.06. The second-order valence-corrected chi connectivity index (χ2v) is 2.81. The van der Waals surface area contributed by atoms with E-state index in [0.717, 1.165) is 0 Å². The number of nitrogens with two attached hydrogens (primary N) is 2. The van der Waals surface area contributed by atoms with E-state index in [2.05, 4.69) is 9.97 Å². The van der Waals surface area contributed by atoms with Gasteiger partial charge in [-0.25, -0.2) is 14.8 Å². The zero-order valence-electron chi connectivity index (χ0n) is 7.06. The number of rotatable bonds is 2. The molecule has 1 aromatic heterocycles. The molecule has 5 N–H and O–H groups in total. The zero-order chi connectivity index (χ0) is 10.1. The summed E-state index contributed by atoms with van der Waals surface area (Å²) < 4.78 is 0. The molecule has 0 radical (unpaired) electrons. The standard InChI is InChI=1S/C7H10N4O2/c1-7(9,5(12)13)4-2-3-10-6(8)11-4/h2-3H,9H2,1H3,(H,12,13)(H2,8,10,11)/t7-/m1/s1. The van der Waals surface area contributed by atoms with Gasteiger partial charge in [0.1, 0.15) is 0 Å². The van der Waals surface area contributed by atoms with Crippen molar-refractivity contribution in [2.45, 2.75) is 12.5 Å². The lowest BCUT2D eigenvalue weighted by Gasteiger charge is -2.17. The lowest BCUT2D eigenvalue weighted by molar-refractivity contribution is -0.143. The third kappa shape index (κ3) is 1.73. The monoisotopic (exact) mass is 182 g/mol. The van der Waals surface area contributed by atoms with Crippen molar-refractivity contribution in [1.82, 2.24) is 9.97 Å². The molecule has 1 atom stereocenters. The molecule has 1 heterocycles. The van der Waals surface area contributed by atoms with Crippen molar-refractivity contribution in [2.75, 3.05) is 5.73 Å². The van der Waals surface area contributed by atoms with Gasteiger partial charge in [-0.1, -0.05) is 0 Å². The first kappa shape index (κ1) is 9.40. The highest BCUT2D eigenvalue weighted by molar-refractivity contribution is 5.79. The van der Waals surface area contributed by atoms with Crippen molar-refractivity contribution in [1.29, 1.82) is 0 Å². The molecule has 6 nitrogen and oxygen atoms in total. The fourth-order valence-electron chi connectivity index (χ4n) is 0.773. The maximum Gasteiger partial charge on any atom is 0.329 e. The van der Waals surface area contributed by atoms with Crippen LogP contribution in [-0.4, -0.2) is 21.0 Å². The Bertz CT molecular complexity index is 337. The molecule has 0 bridgehead atoms. The van der Waals surface area contributed by atoms with Crippen LogP contribution < -0.4 is 11.5 Å². The molecule has 0 spiro atoms. The van der Waals surface area contributed by atoms with E-state index in [1.54, 1.807) is 0 Å². The molecule has 6 heteroatoms. The lowest BCUT2D eigenvalue weighted by atomic mass is 10.00. The highest BCUT2D eigenvalue weighted by atomic mass is 16.4. The third-order valence-electron chi connectivity index (χ3n) is 1.65. The Morgan fingerprint density at radius 2 is 2.31 bits per heavy atom. The number of hydrogen-bond donors (Lipinski definition) is 3. The van der Waals surface area contributed by atoms with Crippen LogP contribution in [0.15, 0.2) is 12.3 Å². The second-order valence-electron chi connectivity index (χ2n) is 2.81. The molecule has 1 aromatic rings. The number of hydrogen-bond acceptors (Lipinski definition) is 5. The normalized spacial score (nSPS) is 14.9. The average molecular weight is 182 g/mol. The molecule has 0 aromatic carbocycles. The second kappa shape index (κ2) is 2.98. The van der Waals surface area contributed by atoms with Gasteiger partial charge < -0.3 is 16.6 Å². The minimum atomic E-state index is -1.53. The van der Waals surface area contributed by atoms with E-state index in [1.807, 2.05) is 0 Å². The van der Waals surface area contributed by atoms with Gasteiger partial charge in [-0.15, -0.1) is 0 Å². The number of carboxylic acid groups (broad SMARTS) is 1. The van der Waals surface area contributed by atoms with E-state index in [4.69, 9.17) is 16.6 Å². The van der Waals surface area contributed by atoms with E-state index in [-0.39, 0.29) is 11.6 Å². The van der Waals surface area contributed by atoms with E-state index in [1.165, 1.54) is 19.2 Å². The maximum atomic E-state index is 10.7. The summed E-state index contributed by atoms with van der Waals surface area (Å²) in [5.41, 5.74) is 9.45. The molecule has 13 heavy (non-hydrogen) atoms. The summed E-state index contributed by atoms with van der Waals surface area (Å²) in [6, 6.07) is 1.42. The first-order chi connectivity index (χ1) is 5.94.